The van der Waals surface area contributed by atoms with Crippen LogP contribution in [0.3, 0.4) is 0 Å². The number of carbonyl (C=O) groups excluding carboxylic acids is 1. The highest BCUT2D eigenvalue weighted by Crippen LogP contribution is 2.23. The molecule has 2 aromatic rings. The summed E-state index contributed by atoms with van der Waals surface area (Å²) in [7, 11) is -2.27. The second-order valence-corrected chi connectivity index (χ2v) is 8.24. The number of methoxy groups -OCH3 is 1. The first-order chi connectivity index (χ1) is 13.4. The maximum Gasteiger partial charge on any atom is 0.239 e. The first-order valence-corrected chi connectivity index (χ1v) is 10.6. The van der Waals surface area contributed by atoms with Crippen molar-refractivity contribution in [3.63, 3.8) is 0 Å². The average molecular weight is 423 g/mol. The summed E-state index contributed by atoms with van der Waals surface area (Å²) in [5.74, 6) is 0.0600. The van der Waals surface area contributed by atoms with Crippen LogP contribution < -0.4 is 10.1 Å². The number of halogens is 1. The molecule has 1 N–H and O–H groups in total. The Kier molecular flexibility index (Phi) is 8.04. The topological polar surface area (TPSA) is 75.7 Å². The number of para-hydroxylation sites is 2. The van der Waals surface area contributed by atoms with E-state index in [1.807, 2.05) is 6.92 Å². The fourth-order valence-corrected chi connectivity index (χ4v) is 3.83. The van der Waals surface area contributed by atoms with Crippen molar-refractivity contribution in [3.8, 4) is 5.75 Å². The van der Waals surface area contributed by atoms with Crippen LogP contribution in [0.15, 0.2) is 53.9 Å². The van der Waals surface area contributed by atoms with Crippen molar-refractivity contribution in [1.29, 1.82) is 0 Å². The van der Waals surface area contributed by atoms with Crippen molar-refractivity contribution in [2.75, 3.05) is 25.5 Å². The Morgan fingerprint density at radius 1 is 1.18 bits per heavy atom. The Hall–Kier alpha value is -2.35. The molecule has 0 radical (unpaired) electrons. The van der Waals surface area contributed by atoms with E-state index in [-0.39, 0.29) is 13.1 Å². The average Bonchev–Trinajstić information content (AvgIpc) is 2.67. The van der Waals surface area contributed by atoms with Gasteiger partial charge >= 0.3 is 0 Å². The summed E-state index contributed by atoms with van der Waals surface area (Å²) < 4.78 is 31.7. The third-order valence-corrected chi connectivity index (χ3v) is 5.60. The molecule has 0 unspecified atom stereocenters. The Morgan fingerprint density at radius 3 is 2.50 bits per heavy atom. The van der Waals surface area contributed by atoms with E-state index in [9.17, 15) is 13.2 Å². The number of carbonyl (C=O) groups is 1. The largest absolute Gasteiger partial charge is 0.495 e. The highest BCUT2D eigenvalue weighted by atomic mass is 35.5. The molecule has 0 atom stereocenters. The second-order valence-electron chi connectivity index (χ2n) is 5.98. The standard InChI is InChI=1S/C20H23ClN2O4S/c1-3-13-23(15-20(24)22-18-6-4-5-7-19(18)27-2)28(25,26)14-12-16-8-10-17(21)11-9-16/h4-12,14H,3,13,15H2,1-2H3,(H,22,24)/b14-12+. The number of sulfonamides is 1. The lowest BCUT2D eigenvalue weighted by Gasteiger charge is -2.19. The Morgan fingerprint density at radius 2 is 1.86 bits per heavy atom. The van der Waals surface area contributed by atoms with Crippen LogP contribution in [0.1, 0.15) is 18.9 Å². The predicted octanol–water partition coefficient (Wildman–Crippen LogP) is 4.00. The summed E-state index contributed by atoms with van der Waals surface area (Å²) in [6.45, 7) is 1.79. The van der Waals surface area contributed by atoms with Gasteiger partial charge in [0.25, 0.3) is 0 Å². The maximum atomic E-state index is 12.7. The Bertz CT molecular complexity index is 927. The smallest absolute Gasteiger partial charge is 0.239 e. The van der Waals surface area contributed by atoms with Gasteiger partial charge in [0, 0.05) is 17.0 Å². The minimum absolute atomic E-state index is 0.229. The molecule has 0 aliphatic rings. The minimum atomic E-state index is -3.77. The monoisotopic (exact) mass is 422 g/mol. The number of hydrogen-bond donors (Lipinski definition) is 1. The van der Waals surface area contributed by atoms with Crippen LogP contribution in [0, 0.1) is 0 Å². The molecule has 0 bridgehead atoms. The maximum absolute atomic E-state index is 12.7. The fraction of sp³-hybridized carbons (Fsp3) is 0.250. The minimum Gasteiger partial charge on any atom is -0.495 e. The van der Waals surface area contributed by atoms with Gasteiger partial charge in [0.15, 0.2) is 0 Å². The molecule has 0 aliphatic carbocycles. The van der Waals surface area contributed by atoms with Gasteiger partial charge in [-0.15, -0.1) is 0 Å². The Labute approximate surface area is 170 Å². The molecule has 28 heavy (non-hydrogen) atoms. The number of amides is 1. The van der Waals surface area contributed by atoms with Crippen LogP contribution in [0.25, 0.3) is 6.08 Å². The van der Waals surface area contributed by atoms with Crippen molar-refractivity contribution in [1.82, 2.24) is 4.31 Å². The van der Waals surface area contributed by atoms with Crippen LogP contribution in [-0.2, 0) is 14.8 Å². The molecule has 8 heteroatoms. The molecular weight excluding hydrogens is 400 g/mol. The van der Waals surface area contributed by atoms with Gasteiger partial charge in [0.1, 0.15) is 5.75 Å². The quantitative estimate of drug-likeness (QED) is 0.662. The van der Waals surface area contributed by atoms with Crippen LogP contribution in [0.5, 0.6) is 5.75 Å². The van der Waals surface area contributed by atoms with Crippen LogP contribution >= 0.6 is 11.6 Å². The number of rotatable bonds is 9. The zero-order valence-corrected chi connectivity index (χ0v) is 17.3. The third-order valence-electron chi connectivity index (χ3n) is 3.84. The van der Waals surface area contributed by atoms with E-state index in [4.69, 9.17) is 16.3 Å². The molecule has 1 amide bonds. The highest BCUT2D eigenvalue weighted by Gasteiger charge is 2.22. The zero-order chi connectivity index (χ0) is 20.6. The third kappa shape index (κ3) is 6.37. The summed E-state index contributed by atoms with van der Waals surface area (Å²) >= 11 is 5.83. The predicted molar refractivity (Wildman–Crippen MR) is 113 cm³/mol. The molecule has 6 nitrogen and oxygen atoms in total. The number of ether oxygens (including phenoxy) is 1. The first kappa shape index (κ1) is 21.9. The Balaban J connectivity index is 2.12. The van der Waals surface area contributed by atoms with Crippen LogP contribution in [0.4, 0.5) is 5.69 Å². The van der Waals surface area contributed by atoms with Gasteiger partial charge in [0.2, 0.25) is 15.9 Å². The second kappa shape index (κ2) is 10.3. The summed E-state index contributed by atoms with van der Waals surface area (Å²) in [6, 6.07) is 13.7. The molecule has 0 saturated carbocycles. The number of anilines is 1. The van der Waals surface area contributed by atoms with Crippen LogP contribution in [0.2, 0.25) is 5.02 Å². The lowest BCUT2D eigenvalue weighted by molar-refractivity contribution is -0.116. The van der Waals surface area contributed by atoms with Crippen molar-refractivity contribution in [2.45, 2.75) is 13.3 Å². The van der Waals surface area contributed by atoms with Gasteiger partial charge in [-0.3, -0.25) is 4.79 Å². The van der Waals surface area contributed by atoms with E-state index in [1.54, 1.807) is 48.5 Å². The normalized spacial score (nSPS) is 11.7. The fourth-order valence-electron chi connectivity index (χ4n) is 2.47. The number of nitrogens with zero attached hydrogens (tertiary/aromatic N) is 1. The number of benzene rings is 2. The lowest BCUT2D eigenvalue weighted by Crippen LogP contribution is -2.37. The molecule has 2 rings (SSSR count). The van der Waals surface area contributed by atoms with Crippen molar-refractivity contribution >= 4 is 39.3 Å². The van der Waals surface area contributed by atoms with E-state index < -0.39 is 15.9 Å². The van der Waals surface area contributed by atoms with E-state index in [1.165, 1.54) is 13.2 Å². The zero-order valence-electron chi connectivity index (χ0n) is 15.8. The van der Waals surface area contributed by atoms with Gasteiger partial charge in [-0.25, -0.2) is 8.42 Å². The highest BCUT2D eigenvalue weighted by molar-refractivity contribution is 7.92. The van der Waals surface area contributed by atoms with Gasteiger partial charge in [0.05, 0.1) is 19.3 Å². The van der Waals surface area contributed by atoms with Gasteiger partial charge < -0.3 is 10.1 Å². The summed E-state index contributed by atoms with van der Waals surface area (Å²) in [4.78, 5) is 12.4. The van der Waals surface area contributed by atoms with E-state index in [0.717, 1.165) is 9.71 Å². The van der Waals surface area contributed by atoms with Gasteiger partial charge in [-0.05, 0) is 42.3 Å². The van der Waals surface area contributed by atoms with Crippen molar-refractivity contribution in [3.05, 3.63) is 64.5 Å². The van der Waals surface area contributed by atoms with E-state index in [0.29, 0.717) is 28.4 Å². The number of nitrogens with one attached hydrogen (secondary N) is 1. The van der Waals surface area contributed by atoms with Gasteiger partial charge in [-0.2, -0.15) is 4.31 Å². The SMILES string of the molecule is CCCN(CC(=O)Nc1ccccc1OC)S(=O)(=O)/C=C/c1ccc(Cl)cc1. The van der Waals surface area contributed by atoms with Crippen molar-refractivity contribution in [2.24, 2.45) is 0 Å². The number of hydrogen-bond acceptors (Lipinski definition) is 4. The summed E-state index contributed by atoms with van der Waals surface area (Å²) in [6.07, 6.45) is 2.06. The van der Waals surface area contributed by atoms with Crippen LogP contribution in [-0.4, -0.2) is 38.8 Å². The lowest BCUT2D eigenvalue weighted by atomic mass is 10.2. The van der Waals surface area contributed by atoms with E-state index in [2.05, 4.69) is 5.32 Å². The molecule has 0 aromatic heterocycles. The molecule has 0 heterocycles. The molecule has 0 spiro atoms. The van der Waals surface area contributed by atoms with Gasteiger partial charge in [-0.1, -0.05) is 42.8 Å². The molecular formula is C20H23ClN2O4S. The van der Waals surface area contributed by atoms with Crippen molar-refractivity contribution < 1.29 is 17.9 Å². The molecule has 0 aliphatic heterocycles. The van der Waals surface area contributed by atoms with E-state index >= 15 is 0 Å². The molecule has 150 valence electrons. The molecule has 0 saturated heterocycles. The summed E-state index contributed by atoms with van der Waals surface area (Å²) in [5, 5.41) is 4.36. The first-order valence-electron chi connectivity index (χ1n) is 8.72. The molecule has 0 fully saturated rings. The molecule has 2 aromatic carbocycles. The summed E-state index contributed by atoms with van der Waals surface area (Å²) in [5.41, 5.74) is 1.18.